The molecule has 0 radical (unpaired) electrons. The number of fused-ring (bicyclic) bond motifs is 1. The minimum absolute atomic E-state index is 0.0560. The van der Waals surface area contributed by atoms with Crippen molar-refractivity contribution in [3.8, 4) is 0 Å². The second-order valence-corrected chi connectivity index (χ2v) is 6.52. The van der Waals surface area contributed by atoms with Crippen LogP contribution in [0.2, 0.25) is 5.02 Å². The number of rotatable bonds is 4. The second kappa shape index (κ2) is 7.16. The fourth-order valence-corrected chi connectivity index (χ4v) is 2.88. The first-order chi connectivity index (χ1) is 11.5. The van der Waals surface area contributed by atoms with Crippen LogP contribution in [0, 0.1) is 0 Å². The zero-order chi connectivity index (χ0) is 17.1. The summed E-state index contributed by atoms with van der Waals surface area (Å²) in [5, 5.41) is 0.617. The van der Waals surface area contributed by atoms with Gasteiger partial charge in [0.2, 0.25) is 5.91 Å². The molecule has 124 valence electrons. The average Bonchev–Trinajstić information content (AvgIpc) is 2.69. The Kier molecular flexibility index (Phi) is 4.97. The normalized spacial score (nSPS) is 14.4. The van der Waals surface area contributed by atoms with Crippen molar-refractivity contribution in [2.45, 2.75) is 6.42 Å². The van der Waals surface area contributed by atoms with E-state index in [1.807, 2.05) is 61.5 Å². The molecule has 1 aliphatic heterocycles. The summed E-state index contributed by atoms with van der Waals surface area (Å²) in [7, 11) is 3.99. The van der Waals surface area contributed by atoms with Gasteiger partial charge in [0.25, 0.3) is 0 Å². The number of likely N-dealkylation sites (N-methyl/N-ethyl adjacent to an activating group) is 1. The molecular formula is C19H20ClN3O. The van der Waals surface area contributed by atoms with E-state index in [1.54, 1.807) is 6.07 Å². The summed E-state index contributed by atoms with van der Waals surface area (Å²) in [6.45, 7) is 1.41. The maximum Gasteiger partial charge on any atom is 0.233 e. The van der Waals surface area contributed by atoms with Gasteiger partial charge in [0.15, 0.2) is 0 Å². The SMILES string of the molecule is CN(C)CCN1C(=O)CC(c2ccccc2)=Nc2cc(Cl)ccc21. The molecule has 0 aromatic heterocycles. The van der Waals surface area contributed by atoms with E-state index in [9.17, 15) is 4.79 Å². The van der Waals surface area contributed by atoms with Gasteiger partial charge in [-0.2, -0.15) is 0 Å². The molecule has 3 rings (SSSR count). The number of hydrogen-bond acceptors (Lipinski definition) is 3. The number of halogens is 1. The first-order valence-electron chi connectivity index (χ1n) is 7.92. The zero-order valence-corrected chi connectivity index (χ0v) is 14.6. The van der Waals surface area contributed by atoms with Crippen molar-refractivity contribution in [3.63, 3.8) is 0 Å². The van der Waals surface area contributed by atoms with Crippen molar-refractivity contribution in [3.05, 3.63) is 59.1 Å². The van der Waals surface area contributed by atoms with Crippen LogP contribution < -0.4 is 4.90 Å². The quantitative estimate of drug-likeness (QED) is 0.849. The smallest absolute Gasteiger partial charge is 0.233 e. The monoisotopic (exact) mass is 341 g/mol. The molecular weight excluding hydrogens is 322 g/mol. The molecule has 2 aromatic carbocycles. The fourth-order valence-electron chi connectivity index (χ4n) is 2.71. The van der Waals surface area contributed by atoms with Crippen molar-refractivity contribution in [2.75, 3.05) is 32.1 Å². The summed E-state index contributed by atoms with van der Waals surface area (Å²) >= 11 is 6.15. The van der Waals surface area contributed by atoms with E-state index < -0.39 is 0 Å². The average molecular weight is 342 g/mol. The van der Waals surface area contributed by atoms with Gasteiger partial charge in [-0.1, -0.05) is 41.9 Å². The number of carbonyl (C=O) groups is 1. The molecule has 0 saturated carbocycles. The number of benzene rings is 2. The van der Waals surface area contributed by atoms with Crippen LogP contribution in [0.4, 0.5) is 11.4 Å². The van der Waals surface area contributed by atoms with E-state index in [-0.39, 0.29) is 12.3 Å². The van der Waals surface area contributed by atoms with Crippen LogP contribution in [0.25, 0.3) is 0 Å². The second-order valence-electron chi connectivity index (χ2n) is 6.08. The third-order valence-electron chi connectivity index (χ3n) is 3.98. The third-order valence-corrected chi connectivity index (χ3v) is 4.22. The first kappa shape index (κ1) is 16.7. The lowest BCUT2D eigenvalue weighted by atomic mass is 10.1. The minimum Gasteiger partial charge on any atom is -0.309 e. The highest BCUT2D eigenvalue weighted by atomic mass is 35.5. The largest absolute Gasteiger partial charge is 0.309 e. The molecule has 0 N–H and O–H groups in total. The van der Waals surface area contributed by atoms with Crippen molar-refractivity contribution >= 4 is 34.6 Å². The topological polar surface area (TPSA) is 35.9 Å². The van der Waals surface area contributed by atoms with Crippen molar-refractivity contribution in [1.29, 1.82) is 0 Å². The van der Waals surface area contributed by atoms with Gasteiger partial charge in [-0.15, -0.1) is 0 Å². The third kappa shape index (κ3) is 3.66. The van der Waals surface area contributed by atoms with Crippen LogP contribution in [0.5, 0.6) is 0 Å². The molecule has 24 heavy (non-hydrogen) atoms. The highest BCUT2D eigenvalue weighted by Gasteiger charge is 2.25. The van der Waals surface area contributed by atoms with Crippen LogP contribution >= 0.6 is 11.6 Å². The Morgan fingerprint density at radius 3 is 2.62 bits per heavy atom. The standard InChI is InChI=1S/C19H20ClN3O/c1-22(2)10-11-23-18-9-8-15(20)12-17(18)21-16(13-19(23)24)14-6-4-3-5-7-14/h3-9,12H,10-11,13H2,1-2H3. The van der Waals surface area contributed by atoms with Crippen LogP contribution in [-0.4, -0.2) is 43.7 Å². The Labute approximate surface area is 147 Å². The van der Waals surface area contributed by atoms with Gasteiger partial charge >= 0.3 is 0 Å². The van der Waals surface area contributed by atoms with Gasteiger partial charge in [0.1, 0.15) is 0 Å². The lowest BCUT2D eigenvalue weighted by molar-refractivity contribution is -0.117. The Morgan fingerprint density at radius 2 is 1.92 bits per heavy atom. The van der Waals surface area contributed by atoms with Crippen molar-refractivity contribution in [2.24, 2.45) is 4.99 Å². The Balaban J connectivity index is 2.04. The molecule has 1 heterocycles. The summed E-state index contributed by atoms with van der Waals surface area (Å²) < 4.78 is 0. The first-order valence-corrected chi connectivity index (χ1v) is 8.30. The van der Waals surface area contributed by atoms with E-state index in [1.165, 1.54) is 0 Å². The van der Waals surface area contributed by atoms with E-state index in [0.29, 0.717) is 11.6 Å². The number of anilines is 1. The fraction of sp³-hybridized carbons (Fsp3) is 0.263. The molecule has 5 heteroatoms. The van der Waals surface area contributed by atoms with Crippen LogP contribution in [0.15, 0.2) is 53.5 Å². The lowest BCUT2D eigenvalue weighted by Gasteiger charge is -2.24. The molecule has 4 nitrogen and oxygen atoms in total. The van der Waals surface area contributed by atoms with Crippen LogP contribution in [0.1, 0.15) is 12.0 Å². The van der Waals surface area contributed by atoms with E-state index in [2.05, 4.69) is 4.90 Å². The highest BCUT2D eigenvalue weighted by molar-refractivity contribution is 6.31. The van der Waals surface area contributed by atoms with Gasteiger partial charge in [-0.05, 0) is 37.9 Å². The number of amides is 1. The van der Waals surface area contributed by atoms with Gasteiger partial charge in [0, 0.05) is 18.1 Å². The Morgan fingerprint density at radius 1 is 1.17 bits per heavy atom. The molecule has 0 bridgehead atoms. The maximum absolute atomic E-state index is 12.9. The molecule has 2 aromatic rings. The van der Waals surface area contributed by atoms with Gasteiger partial charge in [-0.25, -0.2) is 0 Å². The summed E-state index contributed by atoms with van der Waals surface area (Å²) in [6.07, 6.45) is 0.281. The number of hydrogen-bond donors (Lipinski definition) is 0. The van der Waals surface area contributed by atoms with Crippen LogP contribution in [0.3, 0.4) is 0 Å². The minimum atomic E-state index is 0.0560. The lowest BCUT2D eigenvalue weighted by Crippen LogP contribution is -2.37. The number of aliphatic imine (C=N–C) groups is 1. The van der Waals surface area contributed by atoms with E-state index in [0.717, 1.165) is 29.2 Å². The Bertz CT molecular complexity index is 771. The molecule has 1 amide bonds. The van der Waals surface area contributed by atoms with Crippen molar-refractivity contribution < 1.29 is 4.79 Å². The molecule has 0 saturated heterocycles. The van der Waals surface area contributed by atoms with E-state index in [4.69, 9.17) is 16.6 Å². The summed E-state index contributed by atoms with van der Waals surface area (Å²) in [5.74, 6) is 0.0560. The van der Waals surface area contributed by atoms with Crippen LogP contribution in [-0.2, 0) is 4.79 Å². The predicted molar refractivity (Wildman–Crippen MR) is 99.6 cm³/mol. The molecule has 0 spiro atoms. The zero-order valence-electron chi connectivity index (χ0n) is 13.9. The number of carbonyl (C=O) groups excluding carboxylic acids is 1. The molecule has 0 unspecified atom stereocenters. The van der Waals surface area contributed by atoms with Crippen molar-refractivity contribution in [1.82, 2.24) is 4.90 Å². The summed E-state index contributed by atoms with van der Waals surface area (Å²) in [5.41, 5.74) is 3.30. The summed E-state index contributed by atoms with van der Waals surface area (Å²) in [6, 6.07) is 15.3. The molecule has 0 atom stereocenters. The molecule has 1 aliphatic rings. The number of nitrogens with zero attached hydrogens (tertiary/aromatic N) is 3. The van der Waals surface area contributed by atoms with Gasteiger partial charge < -0.3 is 9.80 Å². The van der Waals surface area contributed by atoms with Gasteiger partial charge in [0.05, 0.1) is 23.5 Å². The predicted octanol–water partition coefficient (Wildman–Crippen LogP) is 3.76. The highest BCUT2D eigenvalue weighted by Crippen LogP contribution is 2.35. The Hall–Kier alpha value is -2.17. The maximum atomic E-state index is 12.9. The summed E-state index contributed by atoms with van der Waals surface area (Å²) in [4.78, 5) is 21.5. The van der Waals surface area contributed by atoms with Gasteiger partial charge in [-0.3, -0.25) is 9.79 Å². The molecule has 0 aliphatic carbocycles. The van der Waals surface area contributed by atoms with E-state index >= 15 is 0 Å². The molecule has 0 fully saturated rings.